The van der Waals surface area contributed by atoms with E-state index in [1.807, 2.05) is 42.5 Å². The van der Waals surface area contributed by atoms with E-state index in [2.05, 4.69) is 10.3 Å². The molecule has 3 unspecified atom stereocenters. The van der Waals surface area contributed by atoms with Gasteiger partial charge in [-0.1, -0.05) is 72.3 Å². The van der Waals surface area contributed by atoms with E-state index >= 15 is 0 Å². The number of aromatic nitrogens is 1. The molecule has 0 saturated heterocycles. The Labute approximate surface area is 214 Å². The minimum Gasteiger partial charge on any atom is -0.480 e. The Kier molecular flexibility index (Phi) is 6.38. The van der Waals surface area contributed by atoms with Crippen molar-refractivity contribution in [3.05, 3.63) is 120 Å². The Morgan fingerprint density at radius 3 is 2.17 bits per heavy atom. The van der Waals surface area contributed by atoms with Crippen LogP contribution in [0.3, 0.4) is 0 Å². The van der Waals surface area contributed by atoms with Crippen molar-refractivity contribution in [3.63, 3.8) is 0 Å². The van der Waals surface area contributed by atoms with E-state index in [4.69, 9.17) is 11.6 Å². The third kappa shape index (κ3) is 4.53. The lowest BCUT2D eigenvalue weighted by Gasteiger charge is -2.25. The van der Waals surface area contributed by atoms with Crippen molar-refractivity contribution in [2.24, 2.45) is 0 Å². The van der Waals surface area contributed by atoms with Crippen LogP contribution in [-0.4, -0.2) is 30.0 Å². The number of hydrogen-bond acceptors (Lipinski definition) is 5. The minimum atomic E-state index is -4.03. The van der Waals surface area contributed by atoms with Crippen molar-refractivity contribution in [3.8, 4) is 11.1 Å². The fraction of sp³-hybridized carbons (Fsp3) is 0.143. The molecule has 1 aliphatic carbocycles. The molecule has 0 amide bonds. The number of sulfone groups is 1. The quantitative estimate of drug-likeness (QED) is 0.321. The van der Waals surface area contributed by atoms with Crippen LogP contribution in [0.15, 0.2) is 108 Å². The van der Waals surface area contributed by atoms with E-state index in [-0.39, 0.29) is 17.2 Å². The number of carboxylic acids is 1. The average Bonchev–Trinajstić information content (AvgIpc) is 3.65. The lowest BCUT2D eigenvalue weighted by molar-refractivity contribution is -0.141. The van der Waals surface area contributed by atoms with Crippen LogP contribution < -0.4 is 5.32 Å². The molecule has 6 nitrogen and oxygen atoms in total. The van der Waals surface area contributed by atoms with Crippen LogP contribution in [0.5, 0.6) is 0 Å². The predicted molar refractivity (Wildman–Crippen MR) is 138 cm³/mol. The highest BCUT2D eigenvalue weighted by molar-refractivity contribution is 7.91. The fourth-order valence-electron chi connectivity index (χ4n) is 4.53. The number of nitrogens with zero attached hydrogens (tertiary/aromatic N) is 1. The van der Waals surface area contributed by atoms with Crippen LogP contribution in [0.25, 0.3) is 11.1 Å². The summed E-state index contributed by atoms with van der Waals surface area (Å²) in [6.45, 7) is 0. The molecule has 8 heteroatoms. The lowest BCUT2D eigenvalue weighted by atomic mass is 10.1. The molecule has 0 bridgehead atoms. The van der Waals surface area contributed by atoms with Crippen molar-refractivity contribution in [1.29, 1.82) is 0 Å². The molecule has 1 saturated carbocycles. The molecule has 3 aromatic carbocycles. The van der Waals surface area contributed by atoms with Crippen LogP contribution in [0, 0.1) is 0 Å². The fourth-order valence-corrected chi connectivity index (χ4v) is 6.31. The van der Waals surface area contributed by atoms with Crippen LogP contribution >= 0.6 is 11.6 Å². The summed E-state index contributed by atoms with van der Waals surface area (Å²) in [5, 5.41) is 12.5. The Bertz CT molecular complexity index is 1480. The van der Waals surface area contributed by atoms with E-state index in [1.165, 1.54) is 6.20 Å². The Hall–Kier alpha value is -3.52. The molecule has 1 aliphatic rings. The molecule has 5 rings (SSSR count). The summed E-state index contributed by atoms with van der Waals surface area (Å²) in [6, 6.07) is 26.4. The average molecular weight is 519 g/mol. The second kappa shape index (κ2) is 9.50. The molecule has 1 heterocycles. The molecule has 0 aliphatic heterocycles. The van der Waals surface area contributed by atoms with Gasteiger partial charge in [-0.15, -0.1) is 0 Å². The van der Waals surface area contributed by atoms with Gasteiger partial charge in [0.05, 0.1) is 4.90 Å². The highest BCUT2D eigenvalue weighted by atomic mass is 35.5. The Morgan fingerprint density at radius 1 is 0.944 bits per heavy atom. The molecule has 4 aromatic rings. The van der Waals surface area contributed by atoms with Gasteiger partial charge in [0.2, 0.25) is 0 Å². The summed E-state index contributed by atoms with van der Waals surface area (Å²) < 4.78 is 27.8. The highest BCUT2D eigenvalue weighted by Crippen LogP contribution is 2.53. The van der Waals surface area contributed by atoms with Gasteiger partial charge in [0.25, 0.3) is 0 Å². The number of hydrogen-bond donors (Lipinski definition) is 2. The third-order valence-corrected chi connectivity index (χ3v) is 8.78. The van der Waals surface area contributed by atoms with Gasteiger partial charge >= 0.3 is 5.97 Å². The van der Waals surface area contributed by atoms with Gasteiger partial charge < -0.3 is 5.11 Å². The van der Waals surface area contributed by atoms with Crippen LogP contribution in [0.4, 0.5) is 0 Å². The van der Waals surface area contributed by atoms with Crippen LogP contribution in [-0.2, 0) is 14.6 Å². The molecule has 1 fully saturated rings. The molecule has 1 aromatic heterocycles. The van der Waals surface area contributed by atoms with Crippen LogP contribution in [0.1, 0.15) is 28.8 Å². The first-order valence-corrected chi connectivity index (χ1v) is 13.3. The van der Waals surface area contributed by atoms with Crippen LogP contribution in [0.2, 0.25) is 5.02 Å². The monoisotopic (exact) mass is 518 g/mol. The number of aliphatic carboxylic acids is 1. The van der Waals surface area contributed by atoms with E-state index in [0.717, 1.165) is 16.7 Å². The first kappa shape index (κ1) is 24.2. The molecule has 36 heavy (non-hydrogen) atoms. The number of nitrogens with one attached hydrogen (secondary N) is 1. The van der Waals surface area contributed by atoms with Gasteiger partial charge in [-0.2, -0.15) is 0 Å². The number of carboxylic acid groups (broad SMARTS) is 1. The van der Waals surface area contributed by atoms with E-state index in [1.54, 1.807) is 54.7 Å². The van der Waals surface area contributed by atoms with Gasteiger partial charge in [0.15, 0.2) is 9.84 Å². The van der Waals surface area contributed by atoms with Crippen molar-refractivity contribution in [2.75, 3.05) is 0 Å². The zero-order valence-electron chi connectivity index (χ0n) is 19.1. The highest BCUT2D eigenvalue weighted by Gasteiger charge is 2.63. The number of pyridine rings is 1. The Balaban J connectivity index is 1.51. The van der Waals surface area contributed by atoms with E-state index in [9.17, 15) is 18.3 Å². The smallest absolute Gasteiger partial charge is 0.324 e. The third-order valence-electron chi connectivity index (χ3n) is 6.59. The number of halogens is 1. The topological polar surface area (TPSA) is 96.4 Å². The molecule has 0 spiro atoms. The summed E-state index contributed by atoms with van der Waals surface area (Å²) in [5.41, 5.74) is 1.56. The van der Waals surface area contributed by atoms with Crippen molar-refractivity contribution in [2.45, 2.75) is 28.1 Å². The maximum absolute atomic E-state index is 13.9. The second-order valence-electron chi connectivity index (χ2n) is 8.83. The Morgan fingerprint density at radius 2 is 1.58 bits per heavy atom. The molecular formula is C28H23ClN2O4S. The SMILES string of the molecule is O=C(O)C1(NC(c2cccnc2)S(=O)(=O)c2ccc(-c3ccc(Cl)cc3)cc2)CC1c1ccccc1. The number of carbonyl (C=O) groups is 1. The summed E-state index contributed by atoms with van der Waals surface area (Å²) >= 11 is 5.97. The van der Waals surface area contributed by atoms with Gasteiger partial charge in [-0.3, -0.25) is 15.1 Å². The summed E-state index contributed by atoms with van der Waals surface area (Å²) in [5.74, 6) is -1.43. The summed E-state index contributed by atoms with van der Waals surface area (Å²) in [6.07, 6.45) is 3.28. The zero-order valence-corrected chi connectivity index (χ0v) is 20.7. The predicted octanol–water partition coefficient (Wildman–Crippen LogP) is 5.48. The first-order valence-electron chi connectivity index (χ1n) is 11.4. The molecule has 3 atom stereocenters. The lowest BCUT2D eigenvalue weighted by Crippen LogP contribution is -2.45. The molecule has 182 valence electrons. The molecule has 0 radical (unpaired) electrons. The van der Waals surface area contributed by atoms with Gasteiger partial charge in [0, 0.05) is 28.9 Å². The zero-order chi connectivity index (χ0) is 25.3. The number of benzene rings is 3. The minimum absolute atomic E-state index is 0.0824. The molecule has 2 N–H and O–H groups in total. The van der Waals surface area contributed by atoms with Gasteiger partial charge in [0.1, 0.15) is 10.9 Å². The van der Waals surface area contributed by atoms with Gasteiger partial charge in [-0.05, 0) is 53.4 Å². The first-order chi connectivity index (χ1) is 17.3. The maximum atomic E-state index is 13.9. The number of rotatable bonds is 8. The largest absolute Gasteiger partial charge is 0.480 e. The second-order valence-corrected chi connectivity index (χ2v) is 11.3. The summed E-state index contributed by atoms with van der Waals surface area (Å²) in [4.78, 5) is 16.6. The maximum Gasteiger partial charge on any atom is 0.324 e. The standard InChI is InChI=1S/C28H23ClN2O4S/c29-23-12-8-19(9-13-23)20-10-14-24(15-11-20)36(34,35)26(22-7-4-16-30-18-22)31-28(27(32)33)17-25(28)21-5-2-1-3-6-21/h1-16,18,25-26,31H,17H2,(H,32,33). The summed E-state index contributed by atoms with van der Waals surface area (Å²) in [7, 11) is -4.03. The molecular weight excluding hydrogens is 496 g/mol. The van der Waals surface area contributed by atoms with E-state index < -0.39 is 26.7 Å². The van der Waals surface area contributed by atoms with Crippen molar-refractivity contribution >= 4 is 27.4 Å². The normalized spacial score (nSPS) is 20.0. The van der Waals surface area contributed by atoms with Gasteiger partial charge in [-0.25, -0.2) is 8.42 Å². The van der Waals surface area contributed by atoms with E-state index in [0.29, 0.717) is 10.6 Å². The van der Waals surface area contributed by atoms with Crippen molar-refractivity contribution in [1.82, 2.24) is 10.3 Å². The van der Waals surface area contributed by atoms with Crippen molar-refractivity contribution < 1.29 is 18.3 Å².